The summed E-state index contributed by atoms with van der Waals surface area (Å²) in [5, 5.41) is 3.95. The van der Waals surface area contributed by atoms with Crippen molar-refractivity contribution >= 4 is 0 Å². The lowest BCUT2D eigenvalue weighted by Crippen LogP contribution is -2.43. The van der Waals surface area contributed by atoms with Gasteiger partial charge in [-0.15, -0.1) is 0 Å². The van der Waals surface area contributed by atoms with E-state index in [0.717, 1.165) is 23.9 Å². The van der Waals surface area contributed by atoms with Gasteiger partial charge in [-0.1, -0.05) is 45.4 Å². The summed E-state index contributed by atoms with van der Waals surface area (Å²) < 4.78 is 0. The van der Waals surface area contributed by atoms with E-state index in [0.29, 0.717) is 0 Å². The van der Waals surface area contributed by atoms with Gasteiger partial charge in [0, 0.05) is 12.1 Å². The first-order chi connectivity index (χ1) is 8.29. The van der Waals surface area contributed by atoms with E-state index in [1.165, 1.54) is 64.2 Å². The van der Waals surface area contributed by atoms with Crippen LogP contribution in [0.1, 0.15) is 78.1 Å². The minimum absolute atomic E-state index is 0.760. The predicted octanol–water partition coefficient (Wildman–Crippen LogP) is 4.51. The number of hydrogen-bond donors (Lipinski definition) is 1. The fourth-order valence-corrected chi connectivity index (χ4v) is 3.96. The predicted molar refractivity (Wildman–Crippen MR) is 75.2 cm³/mol. The molecule has 1 nitrogen and oxygen atoms in total. The fourth-order valence-electron chi connectivity index (χ4n) is 3.96. The van der Waals surface area contributed by atoms with Gasteiger partial charge in [-0.3, -0.25) is 0 Å². The van der Waals surface area contributed by atoms with Crippen molar-refractivity contribution in [1.29, 1.82) is 0 Å². The van der Waals surface area contributed by atoms with Crippen molar-refractivity contribution in [2.45, 2.75) is 90.1 Å². The molecule has 1 N–H and O–H groups in total. The molecule has 2 saturated carbocycles. The Kier molecular flexibility index (Phi) is 5.34. The highest BCUT2D eigenvalue weighted by molar-refractivity contribution is 4.83. The number of nitrogens with one attached hydrogen (secondary N) is 1. The van der Waals surface area contributed by atoms with Crippen LogP contribution in [0.15, 0.2) is 0 Å². The van der Waals surface area contributed by atoms with Crippen LogP contribution in [-0.4, -0.2) is 12.1 Å². The fraction of sp³-hybridized carbons (Fsp3) is 1.00. The molecule has 17 heavy (non-hydrogen) atoms. The van der Waals surface area contributed by atoms with Gasteiger partial charge in [-0.25, -0.2) is 0 Å². The lowest BCUT2D eigenvalue weighted by molar-refractivity contribution is 0.217. The topological polar surface area (TPSA) is 12.0 Å². The molecule has 0 heterocycles. The van der Waals surface area contributed by atoms with Crippen LogP contribution >= 0.6 is 0 Å². The van der Waals surface area contributed by atoms with E-state index in [1.54, 1.807) is 0 Å². The van der Waals surface area contributed by atoms with Crippen molar-refractivity contribution in [2.75, 3.05) is 0 Å². The molecule has 2 fully saturated rings. The molecule has 2 unspecified atom stereocenters. The molecule has 0 aromatic heterocycles. The van der Waals surface area contributed by atoms with E-state index in [4.69, 9.17) is 0 Å². The standard InChI is InChI=1S/C16H31N/c1-3-14-8-7-11-16(12-14)17-13(2)15-9-5-4-6-10-15/h13-17H,3-12H2,1-2H3/t13-,14?,16?/m1/s1. The van der Waals surface area contributed by atoms with Crippen LogP contribution in [0.4, 0.5) is 0 Å². The van der Waals surface area contributed by atoms with Crippen molar-refractivity contribution < 1.29 is 0 Å². The molecule has 100 valence electrons. The molecule has 0 bridgehead atoms. The second-order valence-corrected chi connectivity index (χ2v) is 6.49. The minimum Gasteiger partial charge on any atom is -0.311 e. The first-order valence-electron chi connectivity index (χ1n) is 8.05. The Morgan fingerprint density at radius 3 is 2.47 bits per heavy atom. The van der Waals surface area contributed by atoms with Crippen LogP contribution < -0.4 is 5.32 Å². The molecular weight excluding hydrogens is 206 g/mol. The van der Waals surface area contributed by atoms with Gasteiger partial charge in [0.2, 0.25) is 0 Å². The highest BCUT2D eigenvalue weighted by Crippen LogP contribution is 2.30. The molecule has 2 aliphatic carbocycles. The summed E-state index contributed by atoms with van der Waals surface area (Å²) in [5.74, 6) is 1.96. The van der Waals surface area contributed by atoms with E-state index >= 15 is 0 Å². The lowest BCUT2D eigenvalue weighted by atomic mass is 9.81. The highest BCUT2D eigenvalue weighted by Gasteiger charge is 2.25. The maximum Gasteiger partial charge on any atom is 0.00722 e. The zero-order chi connectivity index (χ0) is 12.1. The van der Waals surface area contributed by atoms with Crippen molar-refractivity contribution in [3.8, 4) is 0 Å². The van der Waals surface area contributed by atoms with E-state index in [9.17, 15) is 0 Å². The summed E-state index contributed by atoms with van der Waals surface area (Å²) in [6.07, 6.45) is 14.5. The molecule has 1 heteroatoms. The van der Waals surface area contributed by atoms with Gasteiger partial charge in [-0.05, 0) is 44.4 Å². The van der Waals surface area contributed by atoms with E-state index in [2.05, 4.69) is 19.2 Å². The Labute approximate surface area is 108 Å². The zero-order valence-electron chi connectivity index (χ0n) is 11.9. The van der Waals surface area contributed by atoms with Crippen LogP contribution in [0.25, 0.3) is 0 Å². The molecule has 0 aromatic carbocycles. The maximum atomic E-state index is 3.95. The third-order valence-electron chi connectivity index (χ3n) is 5.22. The van der Waals surface area contributed by atoms with Gasteiger partial charge in [0.05, 0.1) is 0 Å². The van der Waals surface area contributed by atoms with E-state index in [1.807, 2.05) is 0 Å². The second kappa shape index (κ2) is 6.78. The molecule has 0 saturated heterocycles. The van der Waals surface area contributed by atoms with Crippen molar-refractivity contribution in [3.63, 3.8) is 0 Å². The SMILES string of the molecule is CCC1CCCC(N[C@H](C)C2CCCCC2)C1. The smallest absolute Gasteiger partial charge is 0.00722 e. The molecular formula is C16H31N. The van der Waals surface area contributed by atoms with Crippen LogP contribution in [0, 0.1) is 11.8 Å². The minimum atomic E-state index is 0.760. The van der Waals surface area contributed by atoms with Crippen LogP contribution in [0.2, 0.25) is 0 Å². The Morgan fingerprint density at radius 1 is 1.00 bits per heavy atom. The monoisotopic (exact) mass is 237 g/mol. The average Bonchev–Trinajstić information content (AvgIpc) is 2.40. The average molecular weight is 237 g/mol. The van der Waals surface area contributed by atoms with Crippen molar-refractivity contribution in [2.24, 2.45) is 11.8 Å². The summed E-state index contributed by atoms with van der Waals surface area (Å²) in [4.78, 5) is 0. The van der Waals surface area contributed by atoms with Crippen LogP contribution in [0.5, 0.6) is 0 Å². The van der Waals surface area contributed by atoms with E-state index in [-0.39, 0.29) is 0 Å². The van der Waals surface area contributed by atoms with Gasteiger partial charge >= 0.3 is 0 Å². The first-order valence-corrected chi connectivity index (χ1v) is 8.05. The molecule has 0 spiro atoms. The van der Waals surface area contributed by atoms with Crippen molar-refractivity contribution in [3.05, 3.63) is 0 Å². The molecule has 3 atom stereocenters. The second-order valence-electron chi connectivity index (χ2n) is 6.49. The quantitative estimate of drug-likeness (QED) is 0.758. The number of hydrogen-bond acceptors (Lipinski definition) is 1. The number of rotatable bonds is 4. The van der Waals surface area contributed by atoms with Gasteiger partial charge in [0.25, 0.3) is 0 Å². The Bertz CT molecular complexity index is 208. The molecule has 2 aliphatic rings. The summed E-state index contributed by atoms with van der Waals surface area (Å²) in [6.45, 7) is 4.79. The van der Waals surface area contributed by atoms with Gasteiger partial charge in [0.15, 0.2) is 0 Å². The van der Waals surface area contributed by atoms with Crippen LogP contribution in [-0.2, 0) is 0 Å². The highest BCUT2D eigenvalue weighted by atomic mass is 15.0. The largest absolute Gasteiger partial charge is 0.311 e. The molecule has 2 rings (SSSR count). The van der Waals surface area contributed by atoms with E-state index < -0.39 is 0 Å². The molecule has 0 radical (unpaired) electrons. The summed E-state index contributed by atoms with van der Waals surface area (Å²) in [7, 11) is 0. The Hall–Kier alpha value is -0.0400. The normalized spacial score (nSPS) is 33.5. The first kappa shape index (κ1) is 13.4. The molecule has 0 aliphatic heterocycles. The zero-order valence-corrected chi connectivity index (χ0v) is 11.9. The van der Waals surface area contributed by atoms with Gasteiger partial charge < -0.3 is 5.32 Å². The third kappa shape index (κ3) is 3.98. The lowest BCUT2D eigenvalue weighted by Gasteiger charge is -2.35. The Balaban J connectivity index is 1.74. The Morgan fingerprint density at radius 2 is 1.76 bits per heavy atom. The molecule has 0 amide bonds. The maximum absolute atomic E-state index is 3.95. The van der Waals surface area contributed by atoms with Gasteiger partial charge in [0.1, 0.15) is 0 Å². The van der Waals surface area contributed by atoms with Crippen LogP contribution in [0.3, 0.4) is 0 Å². The summed E-state index contributed by atoms with van der Waals surface area (Å²) >= 11 is 0. The third-order valence-corrected chi connectivity index (χ3v) is 5.22. The summed E-state index contributed by atoms with van der Waals surface area (Å²) in [5.41, 5.74) is 0. The summed E-state index contributed by atoms with van der Waals surface area (Å²) in [6, 6.07) is 1.58. The van der Waals surface area contributed by atoms with Crippen molar-refractivity contribution in [1.82, 2.24) is 5.32 Å². The molecule has 0 aromatic rings. The van der Waals surface area contributed by atoms with Gasteiger partial charge in [-0.2, -0.15) is 0 Å².